The van der Waals surface area contributed by atoms with Crippen molar-refractivity contribution in [1.82, 2.24) is 35.4 Å². The van der Waals surface area contributed by atoms with Crippen molar-refractivity contribution < 1.29 is 38.2 Å². The number of aryl methyl sites for hydroxylation is 1. The van der Waals surface area contributed by atoms with Crippen LogP contribution in [0.3, 0.4) is 0 Å². The molecule has 8 N–H and O–H groups in total. The van der Waals surface area contributed by atoms with E-state index < -0.39 is 52.9 Å². The van der Waals surface area contributed by atoms with Gasteiger partial charge in [0.1, 0.15) is 35.1 Å². The fourth-order valence-corrected chi connectivity index (χ4v) is 11.4. The normalized spacial score (nSPS) is 19.9. The molecule has 398 valence electrons. The molecule has 3 aliphatic heterocycles. The van der Waals surface area contributed by atoms with E-state index in [0.29, 0.717) is 71.8 Å². The van der Waals surface area contributed by atoms with Crippen molar-refractivity contribution in [2.24, 2.45) is 22.5 Å². The number of alkyl halides is 1. The Labute approximate surface area is 444 Å². The van der Waals surface area contributed by atoms with Crippen LogP contribution in [0.25, 0.3) is 10.4 Å². The predicted octanol–water partition coefficient (Wildman–Crippen LogP) is 6.12. The molecule has 3 atom stereocenters. The van der Waals surface area contributed by atoms with E-state index in [4.69, 9.17) is 27.8 Å². The van der Waals surface area contributed by atoms with Gasteiger partial charge >= 0.3 is 0 Å². The number of aliphatic hydroxyl groups is 1. The number of nitrogen functional groups attached to an aromatic ring is 1. The van der Waals surface area contributed by atoms with Gasteiger partial charge in [-0.2, -0.15) is 0 Å². The zero-order valence-corrected chi connectivity index (χ0v) is 44.9. The Balaban J connectivity index is 0.839. The molecule has 5 amide bonds. The molecule has 0 bridgehead atoms. The van der Waals surface area contributed by atoms with Gasteiger partial charge in [0.25, 0.3) is 5.91 Å². The lowest BCUT2D eigenvalue weighted by Gasteiger charge is -2.39. The number of benzene rings is 2. The molecule has 5 heterocycles. The van der Waals surface area contributed by atoms with Gasteiger partial charge in [-0.3, -0.25) is 24.0 Å². The Morgan fingerprint density at radius 2 is 1.78 bits per heavy atom. The van der Waals surface area contributed by atoms with Crippen LogP contribution in [-0.4, -0.2) is 129 Å². The highest BCUT2D eigenvalue weighted by Crippen LogP contribution is 2.42. The molecule has 74 heavy (non-hydrogen) atoms. The minimum atomic E-state index is -1.99. The third kappa shape index (κ3) is 12.9. The molecule has 1 saturated carbocycles. The summed E-state index contributed by atoms with van der Waals surface area (Å²) in [7, 11) is 0. The van der Waals surface area contributed by atoms with Crippen molar-refractivity contribution in [3.63, 3.8) is 0 Å². The third-order valence-corrected chi connectivity index (χ3v) is 17.2. The number of carbonyl (C=O) groups is 5. The number of hydrogen-bond donors (Lipinski definition) is 6. The number of hydrogen-bond acceptors (Lipinski definition) is 15. The van der Waals surface area contributed by atoms with Crippen LogP contribution in [0, 0.1) is 23.7 Å². The summed E-state index contributed by atoms with van der Waals surface area (Å²) in [6.07, 6.45) is 3.71. The molecule has 0 unspecified atom stereocenters. The van der Waals surface area contributed by atoms with Crippen LogP contribution < -0.4 is 37.1 Å². The van der Waals surface area contributed by atoms with Crippen LogP contribution in [0.1, 0.15) is 90.3 Å². The SMILES string of the molecule is Cc1ncsc1-c1ccc(CNC(=O)[C@@H]2C[C@@H](O)CN2C(=O)[C@@H](NC(=O)C2(F)CC2)C(C)(C)C)c(OCC2CCN(C(=O)CC(=O)Nc3cccc(Sc4ncc(N5CCC(C)(CN)CC5)nc4N)c3Cl)CC2)c1. The average molecular weight is 1080 g/mol. The standard InChI is InChI=1S/C52H67ClFN11O7S2/c1-30-43(73-29-59-30)32-9-10-33(24-57-46(69)36-22-34(66)26-65(36)48(70)44(50(2,3)4)62-49(71)52(54)13-14-52)37(21-32)72-27-31-11-17-64(18-12-31)41(68)23-40(67)60-35-7-6-8-38(42(35)53)74-47-45(56)61-39(25-58-47)63-19-15-51(5,28-55)16-20-63/h6-10,21,25,29,31,34,36,44,66H,11-20,22-24,26-28,55H2,1-5H3,(H2,56,61)(H,57,69)(H,60,67)(H,62,71)/t34-,36+,44-/m1/s1. The molecule has 0 radical (unpaired) electrons. The highest BCUT2D eigenvalue weighted by Gasteiger charge is 2.53. The minimum Gasteiger partial charge on any atom is -0.493 e. The van der Waals surface area contributed by atoms with Gasteiger partial charge < -0.3 is 52.0 Å². The number of anilines is 3. The van der Waals surface area contributed by atoms with Crippen molar-refractivity contribution in [2.75, 3.05) is 61.8 Å². The van der Waals surface area contributed by atoms with Gasteiger partial charge in [0, 0.05) is 56.1 Å². The highest BCUT2D eigenvalue weighted by molar-refractivity contribution is 7.99. The number of thiazole rings is 1. The fourth-order valence-electron chi connectivity index (χ4n) is 9.46. The molecule has 18 nitrogen and oxygen atoms in total. The van der Waals surface area contributed by atoms with Crippen molar-refractivity contribution >= 4 is 81.6 Å². The molecular formula is C52H67ClFN11O7S2. The number of ether oxygens (including phenoxy) is 1. The first kappa shape index (κ1) is 54.6. The molecule has 22 heteroatoms. The maximum Gasteiger partial charge on any atom is 0.258 e. The van der Waals surface area contributed by atoms with Crippen LogP contribution in [0.4, 0.5) is 21.7 Å². The number of nitrogens with two attached hydrogens (primary N) is 2. The molecule has 4 aromatic rings. The maximum absolute atomic E-state index is 14.7. The summed E-state index contributed by atoms with van der Waals surface area (Å²) in [5.74, 6) is -1.11. The number of likely N-dealkylation sites (tertiary alicyclic amines) is 2. The highest BCUT2D eigenvalue weighted by atomic mass is 35.5. The molecule has 4 aliphatic rings. The molecule has 1 aliphatic carbocycles. The van der Waals surface area contributed by atoms with Crippen LogP contribution in [0.15, 0.2) is 58.0 Å². The number of piperidine rings is 2. The monoisotopic (exact) mass is 1080 g/mol. The largest absolute Gasteiger partial charge is 0.493 e. The number of β-amino-alcohol motifs (C(OH)–C–C–N with tert-alkyl or cyclic N) is 1. The predicted molar refractivity (Wildman–Crippen MR) is 283 cm³/mol. The van der Waals surface area contributed by atoms with E-state index in [1.165, 1.54) is 28.0 Å². The zero-order valence-electron chi connectivity index (χ0n) is 42.5. The van der Waals surface area contributed by atoms with Crippen LogP contribution in [0.5, 0.6) is 5.75 Å². The first-order chi connectivity index (χ1) is 35.1. The molecular weight excluding hydrogens is 1010 g/mol. The summed E-state index contributed by atoms with van der Waals surface area (Å²) < 4.78 is 21.2. The first-order valence-electron chi connectivity index (χ1n) is 25.2. The van der Waals surface area contributed by atoms with Crippen LogP contribution >= 0.6 is 34.7 Å². The molecule has 0 spiro atoms. The second-order valence-corrected chi connectivity index (χ2v) is 23.7. The van der Waals surface area contributed by atoms with Gasteiger partial charge in [0.2, 0.25) is 23.6 Å². The van der Waals surface area contributed by atoms with Gasteiger partial charge in [-0.25, -0.2) is 19.3 Å². The Morgan fingerprint density at radius 3 is 2.43 bits per heavy atom. The van der Waals surface area contributed by atoms with Gasteiger partial charge in [-0.05, 0) is 92.5 Å². The quantitative estimate of drug-likeness (QED) is 0.0653. The molecule has 2 aromatic carbocycles. The Kier molecular flexibility index (Phi) is 16.8. The van der Waals surface area contributed by atoms with Crippen LogP contribution in [0.2, 0.25) is 5.02 Å². The first-order valence-corrected chi connectivity index (χ1v) is 27.2. The summed E-state index contributed by atoms with van der Waals surface area (Å²) in [5.41, 5.74) is 14.2. The topological polar surface area (TPSA) is 251 Å². The molecule has 3 saturated heterocycles. The second kappa shape index (κ2) is 22.7. The fraction of sp³-hybridized carbons (Fsp3) is 0.538. The van der Waals surface area contributed by atoms with Gasteiger partial charge in [-0.1, -0.05) is 69.3 Å². The summed E-state index contributed by atoms with van der Waals surface area (Å²) in [6.45, 7) is 12.8. The molecule has 4 fully saturated rings. The van der Waals surface area contributed by atoms with Crippen molar-refractivity contribution in [1.29, 1.82) is 0 Å². The van der Waals surface area contributed by atoms with E-state index in [1.807, 2.05) is 25.1 Å². The summed E-state index contributed by atoms with van der Waals surface area (Å²) in [4.78, 5) is 87.6. The third-order valence-electron chi connectivity index (χ3n) is 14.6. The number of amides is 5. The van der Waals surface area contributed by atoms with E-state index in [9.17, 15) is 33.5 Å². The van der Waals surface area contributed by atoms with Gasteiger partial charge in [0.05, 0.1) is 45.7 Å². The van der Waals surface area contributed by atoms with Crippen molar-refractivity contribution in [3.8, 4) is 16.2 Å². The van der Waals surface area contributed by atoms with Crippen LogP contribution in [-0.2, 0) is 30.5 Å². The average Bonchev–Trinajstić information content (AvgIpc) is 3.78. The summed E-state index contributed by atoms with van der Waals surface area (Å²) in [5, 5.41) is 19.8. The van der Waals surface area contributed by atoms with Gasteiger partial charge in [0.15, 0.2) is 11.5 Å². The minimum absolute atomic E-state index is 0.00554. The number of aromatic nitrogens is 3. The van der Waals surface area contributed by atoms with E-state index in [0.717, 1.165) is 42.1 Å². The number of halogens is 2. The van der Waals surface area contributed by atoms with Crippen molar-refractivity contribution in [3.05, 3.63) is 64.4 Å². The number of aliphatic hydroxyl groups excluding tert-OH is 1. The Bertz CT molecular complexity index is 2740. The van der Waals surface area contributed by atoms with Gasteiger partial charge in [-0.15, -0.1) is 11.3 Å². The molecule has 8 rings (SSSR count). The lowest BCUT2D eigenvalue weighted by Crippen LogP contribution is -2.59. The van der Waals surface area contributed by atoms with E-state index in [2.05, 4.69) is 42.7 Å². The maximum atomic E-state index is 14.7. The lowest BCUT2D eigenvalue weighted by molar-refractivity contribution is -0.145. The van der Waals surface area contributed by atoms with E-state index >= 15 is 0 Å². The summed E-state index contributed by atoms with van der Waals surface area (Å²) in [6, 6.07) is 8.79. The van der Waals surface area contributed by atoms with E-state index in [1.54, 1.807) is 55.6 Å². The Morgan fingerprint density at radius 1 is 1.05 bits per heavy atom. The number of nitrogens with one attached hydrogen (secondary N) is 3. The smallest absolute Gasteiger partial charge is 0.258 e. The lowest BCUT2D eigenvalue weighted by atomic mass is 9.80. The Hall–Kier alpha value is -5.61. The van der Waals surface area contributed by atoms with Crippen molar-refractivity contribution in [2.45, 2.75) is 126 Å². The number of nitrogens with zero attached hydrogens (tertiary/aromatic N) is 6. The van der Waals surface area contributed by atoms with E-state index in [-0.39, 0.29) is 66.9 Å². The summed E-state index contributed by atoms with van der Waals surface area (Å²) >= 11 is 9.52. The second-order valence-electron chi connectivity index (χ2n) is 21.4. The zero-order chi connectivity index (χ0) is 53.1. The molecule has 2 aromatic heterocycles. The number of rotatable bonds is 17. The number of carbonyl (C=O) groups excluding carboxylic acids is 5.